The average Bonchev–Trinajstić information content (AvgIpc) is 2.29. The zero-order valence-corrected chi connectivity index (χ0v) is 8.73. The molecule has 0 bridgehead atoms. The molecule has 3 nitrogen and oxygen atoms in total. The number of carbonyl (C=O) groups is 1. The van der Waals surface area contributed by atoms with Crippen molar-refractivity contribution in [3.05, 3.63) is 35.9 Å². The Bertz CT molecular complexity index is 337. The van der Waals surface area contributed by atoms with Gasteiger partial charge in [-0.05, 0) is 25.0 Å². The summed E-state index contributed by atoms with van der Waals surface area (Å²) >= 11 is 0. The SMILES string of the molecule is N[C@H]1CCCN(C(=O)c2ccccc2)C1. The van der Waals surface area contributed by atoms with Crippen molar-refractivity contribution >= 4 is 5.91 Å². The van der Waals surface area contributed by atoms with Crippen LogP contribution in [0, 0.1) is 0 Å². The van der Waals surface area contributed by atoms with Crippen molar-refractivity contribution in [2.75, 3.05) is 13.1 Å². The van der Waals surface area contributed by atoms with Gasteiger partial charge < -0.3 is 10.6 Å². The van der Waals surface area contributed by atoms with Gasteiger partial charge in [-0.25, -0.2) is 0 Å². The van der Waals surface area contributed by atoms with E-state index in [0.717, 1.165) is 24.9 Å². The first-order chi connectivity index (χ1) is 7.27. The molecule has 1 saturated heterocycles. The summed E-state index contributed by atoms with van der Waals surface area (Å²) in [5.41, 5.74) is 6.60. The van der Waals surface area contributed by atoms with Crippen molar-refractivity contribution in [2.24, 2.45) is 5.73 Å². The number of nitrogens with two attached hydrogens (primary N) is 1. The molecule has 1 aromatic carbocycles. The molecule has 1 fully saturated rings. The first-order valence-electron chi connectivity index (χ1n) is 5.37. The third kappa shape index (κ3) is 2.36. The number of nitrogens with zero attached hydrogens (tertiary/aromatic N) is 1. The van der Waals surface area contributed by atoms with Crippen LogP contribution >= 0.6 is 0 Å². The molecule has 2 rings (SSSR count). The van der Waals surface area contributed by atoms with Crippen molar-refractivity contribution in [1.29, 1.82) is 0 Å². The maximum absolute atomic E-state index is 12.0. The zero-order chi connectivity index (χ0) is 10.7. The Hall–Kier alpha value is -1.35. The number of hydrogen-bond donors (Lipinski definition) is 1. The second kappa shape index (κ2) is 4.45. The van der Waals surface area contributed by atoms with E-state index in [2.05, 4.69) is 0 Å². The molecular weight excluding hydrogens is 188 g/mol. The van der Waals surface area contributed by atoms with Crippen LogP contribution in [0.5, 0.6) is 0 Å². The second-order valence-electron chi connectivity index (χ2n) is 4.02. The van der Waals surface area contributed by atoms with E-state index in [9.17, 15) is 4.79 Å². The fourth-order valence-corrected chi connectivity index (χ4v) is 1.96. The van der Waals surface area contributed by atoms with E-state index >= 15 is 0 Å². The van der Waals surface area contributed by atoms with Gasteiger partial charge >= 0.3 is 0 Å². The molecule has 1 amide bonds. The summed E-state index contributed by atoms with van der Waals surface area (Å²) in [7, 11) is 0. The summed E-state index contributed by atoms with van der Waals surface area (Å²) in [6.07, 6.45) is 2.04. The molecule has 1 aromatic rings. The summed E-state index contributed by atoms with van der Waals surface area (Å²) in [6, 6.07) is 9.53. The molecule has 0 aromatic heterocycles. The molecule has 0 spiro atoms. The van der Waals surface area contributed by atoms with E-state index in [0.29, 0.717) is 6.54 Å². The monoisotopic (exact) mass is 204 g/mol. The highest BCUT2D eigenvalue weighted by atomic mass is 16.2. The molecule has 0 unspecified atom stereocenters. The first-order valence-corrected chi connectivity index (χ1v) is 5.37. The van der Waals surface area contributed by atoms with Crippen LogP contribution in [0.2, 0.25) is 0 Å². The highest BCUT2D eigenvalue weighted by Crippen LogP contribution is 2.12. The molecule has 2 N–H and O–H groups in total. The third-order valence-electron chi connectivity index (χ3n) is 2.77. The van der Waals surface area contributed by atoms with Crippen LogP contribution in [0.15, 0.2) is 30.3 Å². The van der Waals surface area contributed by atoms with E-state index < -0.39 is 0 Å². The minimum Gasteiger partial charge on any atom is -0.337 e. The fraction of sp³-hybridized carbons (Fsp3) is 0.417. The number of likely N-dealkylation sites (tertiary alicyclic amines) is 1. The lowest BCUT2D eigenvalue weighted by atomic mass is 10.1. The molecule has 15 heavy (non-hydrogen) atoms. The minimum absolute atomic E-state index is 0.103. The quantitative estimate of drug-likeness (QED) is 0.748. The van der Waals surface area contributed by atoms with Gasteiger partial charge in [0.1, 0.15) is 0 Å². The average molecular weight is 204 g/mol. The Morgan fingerprint density at radius 2 is 2.07 bits per heavy atom. The number of amides is 1. The van der Waals surface area contributed by atoms with Crippen molar-refractivity contribution in [1.82, 2.24) is 4.90 Å². The molecule has 80 valence electrons. The minimum atomic E-state index is 0.103. The molecule has 0 saturated carbocycles. The number of hydrogen-bond acceptors (Lipinski definition) is 2. The Kier molecular flexibility index (Phi) is 3.02. The Balaban J connectivity index is 2.08. The normalized spacial score (nSPS) is 21.4. The summed E-state index contributed by atoms with van der Waals surface area (Å²) in [5, 5.41) is 0. The summed E-state index contributed by atoms with van der Waals surface area (Å²) in [4.78, 5) is 13.9. The first kappa shape index (κ1) is 10.2. The number of benzene rings is 1. The number of carbonyl (C=O) groups excluding carboxylic acids is 1. The molecule has 0 radical (unpaired) electrons. The van der Waals surface area contributed by atoms with Crippen molar-refractivity contribution in [3.8, 4) is 0 Å². The lowest BCUT2D eigenvalue weighted by Crippen LogP contribution is -2.45. The van der Waals surface area contributed by atoms with Crippen molar-refractivity contribution in [2.45, 2.75) is 18.9 Å². The van der Waals surface area contributed by atoms with E-state index in [-0.39, 0.29) is 11.9 Å². The van der Waals surface area contributed by atoms with E-state index in [1.807, 2.05) is 35.2 Å². The molecule has 0 aliphatic carbocycles. The zero-order valence-electron chi connectivity index (χ0n) is 8.73. The summed E-state index contributed by atoms with van der Waals surface area (Å²) < 4.78 is 0. The van der Waals surface area contributed by atoms with Gasteiger partial charge in [0.25, 0.3) is 5.91 Å². The predicted octanol–water partition coefficient (Wildman–Crippen LogP) is 1.25. The molecule has 1 atom stereocenters. The molecular formula is C12H16N2O. The fourth-order valence-electron chi connectivity index (χ4n) is 1.96. The van der Waals surface area contributed by atoms with Crippen LogP contribution in [0.3, 0.4) is 0 Å². The van der Waals surface area contributed by atoms with Gasteiger partial charge in [0.05, 0.1) is 0 Å². The molecule has 1 heterocycles. The maximum Gasteiger partial charge on any atom is 0.253 e. The summed E-state index contributed by atoms with van der Waals surface area (Å²) in [6.45, 7) is 1.52. The Morgan fingerprint density at radius 3 is 2.73 bits per heavy atom. The van der Waals surface area contributed by atoms with Crippen LogP contribution in [-0.4, -0.2) is 29.9 Å². The van der Waals surface area contributed by atoms with Crippen LogP contribution in [0.25, 0.3) is 0 Å². The van der Waals surface area contributed by atoms with Crippen LogP contribution < -0.4 is 5.73 Å². The second-order valence-corrected chi connectivity index (χ2v) is 4.02. The van der Waals surface area contributed by atoms with Crippen molar-refractivity contribution in [3.63, 3.8) is 0 Å². The highest BCUT2D eigenvalue weighted by molar-refractivity contribution is 5.94. The standard InChI is InChI=1S/C12H16N2O/c13-11-7-4-8-14(9-11)12(15)10-5-2-1-3-6-10/h1-3,5-6,11H,4,7-9,13H2/t11-/m0/s1. The smallest absolute Gasteiger partial charge is 0.253 e. The van der Waals surface area contributed by atoms with Gasteiger partial charge in [0, 0.05) is 24.7 Å². The van der Waals surface area contributed by atoms with E-state index in [4.69, 9.17) is 5.73 Å². The number of rotatable bonds is 1. The lowest BCUT2D eigenvalue weighted by molar-refractivity contribution is 0.0709. The van der Waals surface area contributed by atoms with Gasteiger partial charge in [-0.1, -0.05) is 18.2 Å². The molecule has 3 heteroatoms. The van der Waals surface area contributed by atoms with Crippen LogP contribution in [0.4, 0.5) is 0 Å². The topological polar surface area (TPSA) is 46.3 Å². The van der Waals surface area contributed by atoms with Crippen LogP contribution in [0.1, 0.15) is 23.2 Å². The van der Waals surface area contributed by atoms with Crippen LogP contribution in [-0.2, 0) is 0 Å². The van der Waals surface area contributed by atoms with E-state index in [1.54, 1.807) is 0 Å². The summed E-state index contributed by atoms with van der Waals surface area (Å²) in [5.74, 6) is 0.103. The lowest BCUT2D eigenvalue weighted by Gasteiger charge is -2.30. The Labute approximate surface area is 89.9 Å². The molecule has 1 aliphatic rings. The molecule has 1 aliphatic heterocycles. The number of piperidine rings is 1. The van der Waals surface area contributed by atoms with Gasteiger partial charge in [0.15, 0.2) is 0 Å². The van der Waals surface area contributed by atoms with Gasteiger partial charge in [-0.15, -0.1) is 0 Å². The maximum atomic E-state index is 12.0. The predicted molar refractivity (Wildman–Crippen MR) is 59.6 cm³/mol. The van der Waals surface area contributed by atoms with E-state index in [1.165, 1.54) is 0 Å². The largest absolute Gasteiger partial charge is 0.337 e. The Morgan fingerprint density at radius 1 is 1.33 bits per heavy atom. The third-order valence-corrected chi connectivity index (χ3v) is 2.77. The highest BCUT2D eigenvalue weighted by Gasteiger charge is 2.21. The van der Waals surface area contributed by atoms with Gasteiger partial charge in [0.2, 0.25) is 0 Å². The van der Waals surface area contributed by atoms with Gasteiger partial charge in [-0.2, -0.15) is 0 Å². The van der Waals surface area contributed by atoms with Crippen molar-refractivity contribution < 1.29 is 4.79 Å². The van der Waals surface area contributed by atoms with Gasteiger partial charge in [-0.3, -0.25) is 4.79 Å².